The molecule has 8 nitrogen and oxygen atoms in total. The second-order valence-electron chi connectivity index (χ2n) is 8.59. The first-order valence-electron chi connectivity index (χ1n) is 11.0. The number of rotatable bonds is 6. The maximum atomic E-state index is 13.7. The summed E-state index contributed by atoms with van der Waals surface area (Å²) < 4.78 is 15.8. The predicted molar refractivity (Wildman–Crippen MR) is 120 cm³/mol. The molecule has 0 bridgehead atoms. The lowest BCUT2D eigenvalue weighted by Gasteiger charge is -2.38. The van der Waals surface area contributed by atoms with Crippen molar-refractivity contribution < 1.29 is 33.7 Å². The van der Waals surface area contributed by atoms with E-state index in [0.717, 1.165) is 0 Å². The van der Waals surface area contributed by atoms with E-state index in [1.54, 1.807) is 26.0 Å². The molecular weight excluding hydrogens is 426 g/mol. The van der Waals surface area contributed by atoms with Crippen LogP contribution in [0.3, 0.4) is 0 Å². The van der Waals surface area contributed by atoms with Crippen molar-refractivity contribution in [1.29, 1.82) is 0 Å². The number of methoxy groups -OCH3 is 2. The van der Waals surface area contributed by atoms with E-state index in [0.29, 0.717) is 35.4 Å². The molecule has 0 saturated heterocycles. The van der Waals surface area contributed by atoms with Crippen molar-refractivity contribution in [2.24, 2.45) is 11.8 Å². The van der Waals surface area contributed by atoms with Gasteiger partial charge in [0.05, 0.1) is 25.9 Å². The number of carbonyl (C=O) groups is 3. The van der Waals surface area contributed by atoms with Crippen LogP contribution >= 0.6 is 0 Å². The van der Waals surface area contributed by atoms with Gasteiger partial charge in [-0.3, -0.25) is 9.59 Å². The average Bonchev–Trinajstić information content (AvgIpc) is 2.77. The van der Waals surface area contributed by atoms with Crippen molar-refractivity contribution in [1.82, 2.24) is 5.32 Å². The summed E-state index contributed by atoms with van der Waals surface area (Å²) in [6.07, 6.45) is 0.767. The second kappa shape index (κ2) is 9.68. The van der Waals surface area contributed by atoms with Crippen LogP contribution in [0.2, 0.25) is 0 Å². The fraction of sp³-hybridized carbons (Fsp3) is 0.480. The van der Waals surface area contributed by atoms with Crippen molar-refractivity contribution in [3.8, 4) is 11.5 Å². The van der Waals surface area contributed by atoms with Crippen LogP contribution in [0.25, 0.3) is 0 Å². The highest BCUT2D eigenvalue weighted by Gasteiger charge is 2.47. The zero-order valence-corrected chi connectivity index (χ0v) is 19.9. The highest BCUT2D eigenvalue weighted by Crippen LogP contribution is 2.46. The Balaban J connectivity index is 2.20. The Bertz CT molecular complexity index is 1040. The van der Waals surface area contributed by atoms with Crippen LogP contribution in [-0.2, 0) is 23.9 Å². The molecule has 1 aliphatic heterocycles. The molecule has 0 radical (unpaired) electrons. The van der Waals surface area contributed by atoms with Gasteiger partial charge in [-0.05, 0) is 50.3 Å². The Morgan fingerprint density at radius 3 is 2.58 bits per heavy atom. The highest BCUT2D eigenvalue weighted by atomic mass is 16.5. The zero-order chi connectivity index (χ0) is 24.4. The molecule has 0 saturated carbocycles. The largest absolute Gasteiger partial charge is 0.504 e. The maximum Gasteiger partial charge on any atom is 0.337 e. The van der Waals surface area contributed by atoms with E-state index < -0.39 is 23.8 Å². The number of ketones is 1. The van der Waals surface area contributed by atoms with Crippen molar-refractivity contribution >= 4 is 17.7 Å². The van der Waals surface area contributed by atoms with Crippen LogP contribution in [0.1, 0.15) is 52.0 Å². The molecular formula is C25H31NO7. The summed E-state index contributed by atoms with van der Waals surface area (Å²) in [6, 6.07) is 4.69. The minimum atomic E-state index is -0.970. The Morgan fingerprint density at radius 1 is 1.27 bits per heavy atom. The van der Waals surface area contributed by atoms with E-state index >= 15 is 0 Å². The van der Waals surface area contributed by atoms with Crippen molar-refractivity contribution in [3.05, 3.63) is 46.3 Å². The van der Waals surface area contributed by atoms with Crippen LogP contribution in [0.5, 0.6) is 11.5 Å². The predicted octanol–water partition coefficient (Wildman–Crippen LogP) is 3.36. The summed E-state index contributed by atoms with van der Waals surface area (Å²) in [5, 5.41) is 13.3. The smallest absolute Gasteiger partial charge is 0.337 e. The fourth-order valence-electron chi connectivity index (χ4n) is 4.49. The number of phenols is 1. The quantitative estimate of drug-likeness (QED) is 0.494. The molecule has 8 heteroatoms. The highest BCUT2D eigenvalue weighted by molar-refractivity contribution is 6.12. The standard InChI is InChI=1S/C25H31NO7/c1-7-13(3)33-25(30)20-14(4)26-16-10-12(2)19(24(29)32-6)23(28)22(16)21(20)15-8-9-17(27)18(11-15)31-5/h8-9,11-13,19,21,26-27H,7,10H2,1-6H3/t12-,13-,19-,21-/m1/s1. The Kier molecular flexibility index (Phi) is 7.15. The number of phenolic OH excluding ortho intramolecular Hbond substituents is 1. The fourth-order valence-corrected chi connectivity index (χ4v) is 4.49. The minimum Gasteiger partial charge on any atom is -0.504 e. The van der Waals surface area contributed by atoms with Crippen LogP contribution in [0, 0.1) is 11.8 Å². The summed E-state index contributed by atoms with van der Waals surface area (Å²) >= 11 is 0. The van der Waals surface area contributed by atoms with Gasteiger partial charge in [-0.2, -0.15) is 0 Å². The number of Topliss-reactive ketones (excluding diaryl/α,β-unsaturated/α-hetero) is 1. The van der Waals surface area contributed by atoms with Gasteiger partial charge in [0.2, 0.25) is 0 Å². The third-order valence-corrected chi connectivity index (χ3v) is 6.38. The monoisotopic (exact) mass is 457 g/mol. The topological polar surface area (TPSA) is 111 Å². The second-order valence-corrected chi connectivity index (χ2v) is 8.59. The van der Waals surface area contributed by atoms with Crippen molar-refractivity contribution in [2.75, 3.05) is 14.2 Å². The molecule has 1 heterocycles. The molecule has 0 aromatic heterocycles. The van der Waals surface area contributed by atoms with Gasteiger partial charge in [0, 0.05) is 22.9 Å². The third kappa shape index (κ3) is 4.47. The molecule has 1 aromatic carbocycles. The summed E-state index contributed by atoms with van der Waals surface area (Å²) in [6.45, 7) is 7.31. The SMILES string of the molecule is CC[C@@H](C)OC(=O)C1=C(C)NC2=C(C(=O)[C@H](C(=O)OC)[C@H](C)C2)[C@@H]1c1ccc(O)c(OC)c1. The molecule has 0 unspecified atom stereocenters. The van der Waals surface area contributed by atoms with E-state index in [4.69, 9.17) is 14.2 Å². The number of hydrogen-bond acceptors (Lipinski definition) is 8. The summed E-state index contributed by atoms with van der Waals surface area (Å²) in [4.78, 5) is 39.4. The maximum absolute atomic E-state index is 13.7. The first kappa shape index (κ1) is 24.4. The van der Waals surface area contributed by atoms with Gasteiger partial charge in [-0.15, -0.1) is 0 Å². The molecule has 178 valence electrons. The van der Waals surface area contributed by atoms with Gasteiger partial charge in [0.1, 0.15) is 5.92 Å². The molecule has 33 heavy (non-hydrogen) atoms. The van der Waals surface area contributed by atoms with E-state index in [-0.39, 0.29) is 34.9 Å². The van der Waals surface area contributed by atoms with Gasteiger partial charge in [-0.1, -0.05) is 19.9 Å². The molecule has 2 N–H and O–H groups in total. The van der Waals surface area contributed by atoms with Crippen molar-refractivity contribution in [3.63, 3.8) is 0 Å². The van der Waals surface area contributed by atoms with E-state index in [1.807, 2.05) is 13.8 Å². The van der Waals surface area contributed by atoms with Crippen LogP contribution < -0.4 is 10.1 Å². The Morgan fingerprint density at radius 2 is 1.97 bits per heavy atom. The number of esters is 2. The number of hydrogen-bond donors (Lipinski definition) is 2. The Hall–Kier alpha value is -3.29. The summed E-state index contributed by atoms with van der Waals surface area (Å²) in [5.74, 6) is -3.42. The van der Waals surface area contributed by atoms with Crippen LogP contribution in [0.4, 0.5) is 0 Å². The molecule has 0 spiro atoms. The van der Waals surface area contributed by atoms with Crippen molar-refractivity contribution in [2.45, 2.75) is 52.6 Å². The normalized spacial score (nSPS) is 23.5. The number of aromatic hydroxyl groups is 1. The number of benzene rings is 1. The number of dihydropyridines is 1. The lowest BCUT2D eigenvalue weighted by Crippen LogP contribution is -2.43. The molecule has 4 atom stereocenters. The summed E-state index contributed by atoms with van der Waals surface area (Å²) in [7, 11) is 2.68. The Labute approximate surface area is 193 Å². The van der Waals surface area contributed by atoms with E-state index in [2.05, 4.69) is 5.32 Å². The first-order valence-corrected chi connectivity index (χ1v) is 11.0. The van der Waals surface area contributed by atoms with Gasteiger partial charge < -0.3 is 24.6 Å². The first-order chi connectivity index (χ1) is 15.6. The zero-order valence-electron chi connectivity index (χ0n) is 19.9. The van der Waals surface area contributed by atoms with Crippen LogP contribution in [-0.4, -0.2) is 43.2 Å². The number of carbonyl (C=O) groups excluding carboxylic acids is 3. The molecule has 2 aliphatic rings. The number of allylic oxidation sites excluding steroid dienone is 3. The lowest BCUT2D eigenvalue weighted by molar-refractivity contribution is -0.151. The summed E-state index contributed by atoms with van der Waals surface area (Å²) in [5.41, 5.74) is 2.43. The van der Waals surface area contributed by atoms with Gasteiger partial charge >= 0.3 is 11.9 Å². The van der Waals surface area contributed by atoms with Gasteiger partial charge in [0.15, 0.2) is 17.3 Å². The molecule has 1 aromatic rings. The van der Waals surface area contributed by atoms with E-state index in [9.17, 15) is 19.5 Å². The molecule has 1 aliphatic carbocycles. The van der Waals surface area contributed by atoms with E-state index in [1.165, 1.54) is 20.3 Å². The van der Waals surface area contributed by atoms with Gasteiger partial charge in [0.25, 0.3) is 0 Å². The third-order valence-electron chi connectivity index (χ3n) is 6.38. The lowest BCUT2D eigenvalue weighted by atomic mass is 9.69. The molecule has 0 fully saturated rings. The minimum absolute atomic E-state index is 0.0650. The average molecular weight is 458 g/mol. The van der Waals surface area contributed by atoms with Crippen LogP contribution in [0.15, 0.2) is 40.7 Å². The molecule has 0 amide bonds. The van der Waals surface area contributed by atoms with Gasteiger partial charge in [-0.25, -0.2) is 4.79 Å². The number of ether oxygens (including phenoxy) is 3. The molecule has 3 rings (SSSR count). The number of nitrogens with one attached hydrogen (secondary N) is 1.